The molecule has 0 aliphatic heterocycles. The van der Waals surface area contributed by atoms with Gasteiger partial charge in [-0.15, -0.1) is 0 Å². The van der Waals surface area contributed by atoms with Gasteiger partial charge in [-0.25, -0.2) is 0 Å². The Kier molecular flexibility index (Phi) is 3.87. The minimum atomic E-state index is 0.938. The molecule has 0 amide bonds. The van der Waals surface area contributed by atoms with Crippen LogP contribution < -0.4 is 0 Å². The first-order chi connectivity index (χ1) is 8.81. The normalized spacial score (nSPS) is 10.4. The van der Waals surface area contributed by atoms with Gasteiger partial charge in [0.1, 0.15) is 0 Å². The fourth-order valence-corrected chi connectivity index (χ4v) is 1.56. The third kappa shape index (κ3) is 3.05. The Hall–Kier alpha value is -2.41. The molecule has 18 heavy (non-hydrogen) atoms. The van der Waals surface area contributed by atoms with Crippen molar-refractivity contribution in [1.29, 1.82) is 0 Å². The topological polar surface area (TPSA) is 12.4 Å². The monoisotopic (exact) mass is 233 g/mol. The summed E-state index contributed by atoms with van der Waals surface area (Å²) in [7, 11) is 0. The van der Waals surface area contributed by atoms with E-state index >= 15 is 0 Å². The van der Waals surface area contributed by atoms with E-state index in [0.717, 1.165) is 22.4 Å². The van der Waals surface area contributed by atoms with E-state index in [9.17, 15) is 0 Å². The highest BCUT2D eigenvalue weighted by Crippen LogP contribution is 2.14. The van der Waals surface area contributed by atoms with Crippen LogP contribution in [0.1, 0.15) is 16.7 Å². The summed E-state index contributed by atoms with van der Waals surface area (Å²) in [6.45, 7) is 7.45. The average Bonchev–Trinajstić information content (AvgIpc) is 2.46. The molecule has 2 rings (SSSR count). The molecule has 1 nitrogen and oxygen atoms in total. The van der Waals surface area contributed by atoms with Crippen molar-refractivity contribution in [3.8, 4) is 0 Å². The molecule has 0 aromatic heterocycles. The Morgan fingerprint density at radius 1 is 0.667 bits per heavy atom. The van der Waals surface area contributed by atoms with Crippen molar-refractivity contribution in [2.24, 2.45) is 4.99 Å². The van der Waals surface area contributed by atoms with Gasteiger partial charge in [-0.1, -0.05) is 61.7 Å². The van der Waals surface area contributed by atoms with E-state index in [1.807, 2.05) is 66.9 Å². The van der Waals surface area contributed by atoms with E-state index in [1.54, 1.807) is 0 Å². The predicted octanol–water partition coefficient (Wildman–Crippen LogP) is 4.72. The predicted molar refractivity (Wildman–Crippen MR) is 80.3 cm³/mol. The van der Waals surface area contributed by atoms with Gasteiger partial charge in [0.25, 0.3) is 0 Å². The zero-order chi connectivity index (χ0) is 12.8. The van der Waals surface area contributed by atoms with E-state index in [-0.39, 0.29) is 0 Å². The lowest BCUT2D eigenvalue weighted by Crippen LogP contribution is -1.80. The van der Waals surface area contributed by atoms with Crippen molar-refractivity contribution >= 4 is 24.1 Å². The van der Waals surface area contributed by atoms with E-state index < -0.39 is 0 Å². The molecule has 0 aliphatic rings. The molecular formula is C17H15N. The maximum atomic E-state index is 4.42. The van der Waals surface area contributed by atoms with Gasteiger partial charge in [-0.2, -0.15) is 0 Å². The Balaban J connectivity index is 2.13. The third-order valence-corrected chi connectivity index (χ3v) is 2.66. The first-order valence-corrected chi connectivity index (χ1v) is 5.81. The van der Waals surface area contributed by atoms with Crippen molar-refractivity contribution < 1.29 is 0 Å². The summed E-state index contributed by atoms with van der Waals surface area (Å²) < 4.78 is 0. The fourth-order valence-electron chi connectivity index (χ4n) is 1.56. The Morgan fingerprint density at radius 3 is 1.61 bits per heavy atom. The SMILES string of the molecule is C=Cc1ccc(/C=N/c2ccc(C=C)cc2)cc1. The van der Waals surface area contributed by atoms with Crippen LogP contribution in [0.25, 0.3) is 12.2 Å². The summed E-state index contributed by atoms with van der Waals surface area (Å²) in [6.07, 6.45) is 5.51. The first kappa shape index (κ1) is 12.1. The Morgan fingerprint density at radius 2 is 1.11 bits per heavy atom. The molecule has 2 aromatic rings. The van der Waals surface area contributed by atoms with Gasteiger partial charge in [0.05, 0.1) is 5.69 Å². The number of hydrogen-bond donors (Lipinski definition) is 0. The molecule has 0 unspecified atom stereocenters. The van der Waals surface area contributed by atoms with Crippen molar-refractivity contribution in [3.63, 3.8) is 0 Å². The van der Waals surface area contributed by atoms with Crippen LogP contribution in [-0.2, 0) is 0 Å². The largest absolute Gasteiger partial charge is 0.256 e. The highest BCUT2D eigenvalue weighted by molar-refractivity contribution is 5.82. The lowest BCUT2D eigenvalue weighted by Gasteiger charge is -1.97. The van der Waals surface area contributed by atoms with Crippen LogP contribution in [0.5, 0.6) is 0 Å². The van der Waals surface area contributed by atoms with E-state index in [4.69, 9.17) is 0 Å². The second-order valence-electron chi connectivity index (χ2n) is 3.92. The molecule has 0 bridgehead atoms. The molecule has 0 N–H and O–H groups in total. The van der Waals surface area contributed by atoms with Crippen LogP contribution in [0, 0.1) is 0 Å². The van der Waals surface area contributed by atoms with E-state index in [2.05, 4.69) is 18.2 Å². The highest BCUT2D eigenvalue weighted by atomic mass is 14.7. The van der Waals surface area contributed by atoms with Crippen molar-refractivity contribution in [2.75, 3.05) is 0 Å². The molecule has 0 aliphatic carbocycles. The van der Waals surface area contributed by atoms with Crippen LogP contribution in [0.4, 0.5) is 5.69 Å². The smallest absolute Gasteiger partial charge is 0.0630 e. The summed E-state index contributed by atoms with van der Waals surface area (Å²) in [4.78, 5) is 4.42. The van der Waals surface area contributed by atoms with Gasteiger partial charge in [-0.05, 0) is 28.8 Å². The van der Waals surface area contributed by atoms with E-state index in [0.29, 0.717) is 0 Å². The van der Waals surface area contributed by atoms with Gasteiger partial charge in [0, 0.05) is 6.21 Å². The molecule has 0 spiro atoms. The molecule has 0 saturated carbocycles. The summed E-state index contributed by atoms with van der Waals surface area (Å²) in [5.74, 6) is 0. The average molecular weight is 233 g/mol. The fraction of sp³-hybridized carbons (Fsp3) is 0. The minimum Gasteiger partial charge on any atom is -0.256 e. The summed E-state index contributed by atoms with van der Waals surface area (Å²) in [6, 6.07) is 16.1. The molecule has 0 fully saturated rings. The summed E-state index contributed by atoms with van der Waals surface area (Å²) >= 11 is 0. The van der Waals surface area contributed by atoms with Crippen LogP contribution in [0.15, 0.2) is 66.7 Å². The maximum absolute atomic E-state index is 4.42. The van der Waals surface area contributed by atoms with Gasteiger partial charge >= 0.3 is 0 Å². The molecule has 0 saturated heterocycles. The molecule has 0 radical (unpaired) electrons. The molecule has 88 valence electrons. The molecule has 0 heterocycles. The van der Waals surface area contributed by atoms with Crippen LogP contribution in [0.2, 0.25) is 0 Å². The summed E-state index contributed by atoms with van der Waals surface area (Å²) in [5, 5.41) is 0. The molecule has 1 heteroatoms. The quantitative estimate of drug-likeness (QED) is 0.677. The first-order valence-electron chi connectivity index (χ1n) is 5.81. The van der Waals surface area contributed by atoms with Gasteiger partial charge in [-0.3, -0.25) is 4.99 Å². The number of rotatable bonds is 4. The number of benzene rings is 2. The maximum Gasteiger partial charge on any atom is 0.0630 e. The second kappa shape index (κ2) is 5.78. The molecule has 0 atom stereocenters. The lowest BCUT2D eigenvalue weighted by atomic mass is 10.1. The van der Waals surface area contributed by atoms with Gasteiger partial charge in [0.15, 0.2) is 0 Å². The van der Waals surface area contributed by atoms with Crippen LogP contribution in [-0.4, -0.2) is 6.21 Å². The van der Waals surface area contributed by atoms with Crippen LogP contribution >= 0.6 is 0 Å². The zero-order valence-corrected chi connectivity index (χ0v) is 10.2. The Bertz CT molecular complexity index is 506. The number of aliphatic imine (C=N–C) groups is 1. The second-order valence-corrected chi connectivity index (χ2v) is 3.92. The number of nitrogens with zero attached hydrogens (tertiary/aromatic N) is 1. The molecule has 2 aromatic carbocycles. The van der Waals surface area contributed by atoms with Crippen molar-refractivity contribution in [3.05, 3.63) is 78.4 Å². The third-order valence-electron chi connectivity index (χ3n) is 2.66. The summed E-state index contributed by atoms with van der Waals surface area (Å²) in [5.41, 5.74) is 4.23. The van der Waals surface area contributed by atoms with Crippen LogP contribution in [0.3, 0.4) is 0 Å². The van der Waals surface area contributed by atoms with Gasteiger partial charge in [0.2, 0.25) is 0 Å². The van der Waals surface area contributed by atoms with Crippen molar-refractivity contribution in [1.82, 2.24) is 0 Å². The van der Waals surface area contributed by atoms with E-state index in [1.165, 1.54) is 0 Å². The Labute approximate surface area is 108 Å². The minimum absolute atomic E-state index is 0.938. The zero-order valence-electron chi connectivity index (χ0n) is 10.2. The highest BCUT2D eigenvalue weighted by Gasteiger charge is 1.90. The molecular weight excluding hydrogens is 218 g/mol. The standard InChI is InChI=1S/C17H15N/c1-3-14-5-7-16(8-6-14)13-18-17-11-9-15(4-2)10-12-17/h3-13H,1-2H2/b18-13+. The van der Waals surface area contributed by atoms with Crippen molar-refractivity contribution in [2.45, 2.75) is 0 Å². The number of hydrogen-bond acceptors (Lipinski definition) is 1. The van der Waals surface area contributed by atoms with Gasteiger partial charge < -0.3 is 0 Å². The lowest BCUT2D eigenvalue weighted by molar-refractivity contribution is 1.51.